The highest BCUT2D eigenvalue weighted by Gasteiger charge is 2.10. The molecule has 3 nitrogen and oxygen atoms in total. The van der Waals surface area contributed by atoms with Crippen LogP contribution in [0.5, 0.6) is 5.75 Å². The minimum Gasteiger partial charge on any atom is -0.496 e. The van der Waals surface area contributed by atoms with Crippen molar-refractivity contribution in [2.45, 2.75) is 33.6 Å². The SMILES string of the molecule is CCc1cc(/C(=C/C(=O)O)CC(C)C)ccc1OC. The summed E-state index contributed by atoms with van der Waals surface area (Å²) in [6.45, 7) is 6.23. The van der Waals surface area contributed by atoms with Crippen LogP contribution in [0.1, 0.15) is 38.3 Å². The summed E-state index contributed by atoms with van der Waals surface area (Å²) in [6.07, 6.45) is 2.92. The Kier molecular flexibility index (Phi) is 5.61. The zero-order valence-electron chi connectivity index (χ0n) is 12.1. The van der Waals surface area contributed by atoms with Crippen LogP contribution in [0.2, 0.25) is 0 Å². The van der Waals surface area contributed by atoms with E-state index in [1.54, 1.807) is 7.11 Å². The number of carbonyl (C=O) groups is 1. The number of aryl methyl sites for hydroxylation is 1. The molecule has 1 N–H and O–H groups in total. The van der Waals surface area contributed by atoms with Gasteiger partial charge in [-0.1, -0.05) is 26.8 Å². The number of aliphatic carboxylic acids is 1. The number of allylic oxidation sites excluding steroid dienone is 1. The van der Waals surface area contributed by atoms with Gasteiger partial charge in [-0.3, -0.25) is 0 Å². The Labute approximate surface area is 114 Å². The van der Waals surface area contributed by atoms with Gasteiger partial charge in [-0.15, -0.1) is 0 Å². The summed E-state index contributed by atoms with van der Waals surface area (Å²) >= 11 is 0. The molecule has 1 rings (SSSR count). The molecule has 0 saturated heterocycles. The van der Waals surface area contributed by atoms with Crippen molar-refractivity contribution in [3.05, 3.63) is 35.4 Å². The zero-order chi connectivity index (χ0) is 14.4. The van der Waals surface area contributed by atoms with Crippen LogP contribution in [-0.2, 0) is 11.2 Å². The van der Waals surface area contributed by atoms with Crippen LogP contribution in [0.4, 0.5) is 0 Å². The Morgan fingerprint density at radius 1 is 1.42 bits per heavy atom. The summed E-state index contributed by atoms with van der Waals surface area (Å²) in [5.74, 6) is 0.368. The van der Waals surface area contributed by atoms with Gasteiger partial charge in [0.2, 0.25) is 0 Å². The minimum absolute atomic E-state index is 0.415. The van der Waals surface area contributed by atoms with Gasteiger partial charge in [0, 0.05) is 6.08 Å². The third kappa shape index (κ3) is 4.43. The summed E-state index contributed by atoms with van der Waals surface area (Å²) in [6, 6.07) is 5.86. The third-order valence-electron chi connectivity index (χ3n) is 2.96. The highest BCUT2D eigenvalue weighted by molar-refractivity contribution is 5.90. The molecule has 19 heavy (non-hydrogen) atoms. The number of carboxylic acid groups (broad SMARTS) is 1. The zero-order valence-corrected chi connectivity index (χ0v) is 12.1. The first-order valence-electron chi connectivity index (χ1n) is 6.58. The van der Waals surface area contributed by atoms with E-state index in [2.05, 4.69) is 20.8 Å². The fourth-order valence-electron chi connectivity index (χ4n) is 2.10. The van der Waals surface area contributed by atoms with E-state index >= 15 is 0 Å². The molecule has 1 aromatic rings. The van der Waals surface area contributed by atoms with Gasteiger partial charge in [-0.05, 0) is 47.6 Å². The van der Waals surface area contributed by atoms with Gasteiger partial charge in [0.05, 0.1) is 7.11 Å². The molecule has 0 aromatic heterocycles. The fourth-order valence-corrected chi connectivity index (χ4v) is 2.10. The Morgan fingerprint density at radius 2 is 2.11 bits per heavy atom. The smallest absolute Gasteiger partial charge is 0.328 e. The lowest BCUT2D eigenvalue weighted by Crippen LogP contribution is -1.99. The molecule has 0 radical (unpaired) electrons. The van der Waals surface area contributed by atoms with E-state index in [-0.39, 0.29) is 0 Å². The molecule has 3 heteroatoms. The molecule has 0 amide bonds. The van der Waals surface area contributed by atoms with Gasteiger partial charge in [0.15, 0.2) is 0 Å². The molecular formula is C16H22O3. The topological polar surface area (TPSA) is 46.5 Å². The second-order valence-electron chi connectivity index (χ2n) is 4.99. The van der Waals surface area contributed by atoms with Gasteiger partial charge in [0.25, 0.3) is 0 Å². The normalized spacial score (nSPS) is 11.7. The van der Waals surface area contributed by atoms with Crippen LogP contribution in [0.3, 0.4) is 0 Å². The molecule has 0 aliphatic carbocycles. The summed E-state index contributed by atoms with van der Waals surface area (Å²) in [4.78, 5) is 10.9. The molecular weight excluding hydrogens is 240 g/mol. The lowest BCUT2D eigenvalue weighted by molar-refractivity contribution is -0.131. The van der Waals surface area contributed by atoms with Gasteiger partial charge in [-0.2, -0.15) is 0 Å². The maximum absolute atomic E-state index is 10.9. The quantitative estimate of drug-likeness (QED) is 0.794. The Bertz CT molecular complexity index is 473. The second kappa shape index (κ2) is 6.98. The van der Waals surface area contributed by atoms with Crippen molar-refractivity contribution in [2.75, 3.05) is 7.11 Å². The fraction of sp³-hybridized carbons (Fsp3) is 0.438. The first-order valence-corrected chi connectivity index (χ1v) is 6.58. The van der Waals surface area contributed by atoms with Crippen molar-refractivity contribution in [1.82, 2.24) is 0 Å². The van der Waals surface area contributed by atoms with Gasteiger partial charge in [0.1, 0.15) is 5.75 Å². The average molecular weight is 262 g/mol. The van der Waals surface area contributed by atoms with Crippen LogP contribution in [0.15, 0.2) is 24.3 Å². The molecule has 0 heterocycles. The molecule has 1 aromatic carbocycles. The van der Waals surface area contributed by atoms with Crippen molar-refractivity contribution < 1.29 is 14.6 Å². The van der Waals surface area contributed by atoms with Crippen LogP contribution < -0.4 is 4.74 Å². The monoisotopic (exact) mass is 262 g/mol. The first kappa shape index (κ1) is 15.3. The van der Waals surface area contributed by atoms with E-state index in [9.17, 15) is 4.79 Å². The third-order valence-corrected chi connectivity index (χ3v) is 2.96. The molecule has 0 bridgehead atoms. The van der Waals surface area contributed by atoms with Crippen molar-refractivity contribution in [3.8, 4) is 5.75 Å². The van der Waals surface area contributed by atoms with Crippen molar-refractivity contribution in [3.63, 3.8) is 0 Å². The number of hydrogen-bond donors (Lipinski definition) is 1. The van der Waals surface area contributed by atoms with E-state index in [1.807, 2.05) is 18.2 Å². The lowest BCUT2D eigenvalue weighted by Gasteiger charge is -2.13. The summed E-state index contributed by atoms with van der Waals surface area (Å²) < 4.78 is 5.30. The standard InChI is InChI=1S/C16H22O3/c1-5-12-9-13(6-7-15(12)19-4)14(8-11(2)3)10-16(17)18/h6-7,9-11H,5,8H2,1-4H3,(H,17,18)/b14-10+. The van der Waals surface area contributed by atoms with E-state index in [4.69, 9.17) is 9.84 Å². The maximum atomic E-state index is 10.9. The average Bonchev–Trinajstić information content (AvgIpc) is 2.36. The maximum Gasteiger partial charge on any atom is 0.328 e. The molecule has 0 spiro atoms. The molecule has 0 aliphatic rings. The lowest BCUT2D eigenvalue weighted by atomic mass is 9.94. The van der Waals surface area contributed by atoms with E-state index in [0.717, 1.165) is 35.3 Å². The molecule has 0 saturated carbocycles. The largest absolute Gasteiger partial charge is 0.496 e. The van der Waals surface area contributed by atoms with Crippen LogP contribution >= 0.6 is 0 Å². The van der Waals surface area contributed by atoms with E-state index in [1.165, 1.54) is 6.08 Å². The van der Waals surface area contributed by atoms with Gasteiger partial charge < -0.3 is 9.84 Å². The number of methoxy groups -OCH3 is 1. The molecule has 0 aliphatic heterocycles. The predicted octanol–water partition coefficient (Wildman–Crippen LogP) is 3.77. The van der Waals surface area contributed by atoms with Crippen molar-refractivity contribution >= 4 is 11.5 Å². The minimum atomic E-state index is -0.899. The second-order valence-corrected chi connectivity index (χ2v) is 4.99. The Morgan fingerprint density at radius 3 is 2.58 bits per heavy atom. The summed E-state index contributed by atoms with van der Waals surface area (Å²) in [5, 5.41) is 8.98. The van der Waals surface area contributed by atoms with E-state index < -0.39 is 5.97 Å². The number of ether oxygens (including phenoxy) is 1. The number of benzene rings is 1. The highest BCUT2D eigenvalue weighted by atomic mass is 16.5. The number of hydrogen-bond acceptors (Lipinski definition) is 2. The predicted molar refractivity (Wildman–Crippen MR) is 77.4 cm³/mol. The Balaban J connectivity index is 3.19. The van der Waals surface area contributed by atoms with Gasteiger partial charge in [-0.25, -0.2) is 4.79 Å². The van der Waals surface area contributed by atoms with Crippen LogP contribution in [0, 0.1) is 5.92 Å². The summed E-state index contributed by atoms with van der Waals surface area (Å²) in [5.41, 5.74) is 2.92. The number of carboxylic acids is 1. The molecule has 0 fully saturated rings. The van der Waals surface area contributed by atoms with Crippen molar-refractivity contribution in [2.24, 2.45) is 5.92 Å². The first-order chi connectivity index (χ1) is 8.97. The Hall–Kier alpha value is -1.77. The van der Waals surface area contributed by atoms with Crippen LogP contribution in [0.25, 0.3) is 5.57 Å². The molecule has 0 unspecified atom stereocenters. The van der Waals surface area contributed by atoms with Crippen LogP contribution in [-0.4, -0.2) is 18.2 Å². The number of rotatable bonds is 6. The molecule has 104 valence electrons. The summed E-state index contributed by atoms with van der Waals surface area (Å²) in [7, 11) is 1.65. The molecule has 0 atom stereocenters. The van der Waals surface area contributed by atoms with Crippen molar-refractivity contribution in [1.29, 1.82) is 0 Å². The highest BCUT2D eigenvalue weighted by Crippen LogP contribution is 2.28. The van der Waals surface area contributed by atoms with Gasteiger partial charge >= 0.3 is 5.97 Å². The van der Waals surface area contributed by atoms with E-state index in [0.29, 0.717) is 5.92 Å².